The average molecular weight is 561 g/mol. The fraction of sp³-hybridized carbons (Fsp3) is 0.259. The number of carbonyl (C=O) groups is 1. The fourth-order valence-corrected chi connectivity index (χ4v) is 4.61. The molecular formula is C27H22F6N6O. The number of aromatic nitrogens is 4. The Morgan fingerprint density at radius 1 is 0.875 bits per heavy atom. The highest BCUT2D eigenvalue weighted by Crippen LogP contribution is 2.35. The third kappa shape index (κ3) is 5.92. The summed E-state index contributed by atoms with van der Waals surface area (Å²) in [7, 11) is 0. The Bertz CT molecular complexity index is 1480. The van der Waals surface area contributed by atoms with E-state index in [2.05, 4.69) is 20.4 Å². The lowest BCUT2D eigenvalue weighted by Crippen LogP contribution is -2.33. The summed E-state index contributed by atoms with van der Waals surface area (Å²) in [6, 6.07) is 13.2. The van der Waals surface area contributed by atoms with E-state index >= 15 is 0 Å². The second-order valence-electron chi connectivity index (χ2n) is 9.27. The lowest BCUT2D eigenvalue weighted by atomic mass is 9.88. The molecule has 3 aromatic heterocycles. The van der Waals surface area contributed by atoms with Crippen molar-refractivity contribution in [2.75, 3.05) is 23.3 Å². The molecule has 7 nitrogen and oxygen atoms in total. The van der Waals surface area contributed by atoms with Crippen LogP contribution in [0.4, 0.5) is 37.8 Å². The van der Waals surface area contributed by atoms with E-state index in [0.717, 1.165) is 16.9 Å². The van der Waals surface area contributed by atoms with E-state index in [9.17, 15) is 31.1 Å². The maximum atomic E-state index is 13.6. The summed E-state index contributed by atoms with van der Waals surface area (Å²) >= 11 is 0. The van der Waals surface area contributed by atoms with Gasteiger partial charge in [-0.05, 0) is 54.7 Å². The van der Waals surface area contributed by atoms with E-state index in [4.69, 9.17) is 0 Å². The molecule has 1 saturated heterocycles. The predicted molar refractivity (Wildman–Crippen MR) is 134 cm³/mol. The monoisotopic (exact) mass is 560 g/mol. The second kappa shape index (κ2) is 10.6. The van der Waals surface area contributed by atoms with Crippen molar-refractivity contribution in [3.05, 3.63) is 95.6 Å². The molecule has 1 aliphatic rings. The summed E-state index contributed by atoms with van der Waals surface area (Å²) in [5.41, 5.74) is -1.85. The molecule has 13 heteroatoms. The molecule has 0 saturated carbocycles. The number of piperidine rings is 1. The van der Waals surface area contributed by atoms with E-state index in [0.29, 0.717) is 37.3 Å². The van der Waals surface area contributed by atoms with Crippen LogP contribution in [0, 0.1) is 0 Å². The topological polar surface area (TPSA) is 75.9 Å². The average Bonchev–Trinajstić information content (AvgIpc) is 3.41. The number of nitrogens with zero attached hydrogens (tertiary/aromatic N) is 5. The molecule has 0 aliphatic carbocycles. The van der Waals surface area contributed by atoms with Gasteiger partial charge in [0.15, 0.2) is 11.5 Å². The van der Waals surface area contributed by atoms with E-state index in [1.807, 2.05) is 4.90 Å². The molecule has 40 heavy (non-hydrogen) atoms. The Hall–Kier alpha value is -4.42. The number of amides is 1. The van der Waals surface area contributed by atoms with Gasteiger partial charge in [0, 0.05) is 25.5 Å². The van der Waals surface area contributed by atoms with Crippen molar-refractivity contribution >= 4 is 17.4 Å². The smallest absolute Gasteiger partial charge is 0.357 e. The van der Waals surface area contributed by atoms with Gasteiger partial charge in [-0.3, -0.25) is 4.79 Å². The van der Waals surface area contributed by atoms with Crippen LogP contribution in [0.2, 0.25) is 0 Å². The lowest BCUT2D eigenvalue weighted by Gasteiger charge is -2.33. The number of pyridine rings is 2. The fourth-order valence-electron chi connectivity index (χ4n) is 4.61. The Kier molecular flexibility index (Phi) is 7.21. The molecule has 0 unspecified atom stereocenters. The maximum absolute atomic E-state index is 13.6. The summed E-state index contributed by atoms with van der Waals surface area (Å²) in [4.78, 5) is 23.0. The zero-order chi connectivity index (χ0) is 28.5. The number of rotatable bonds is 5. The summed E-state index contributed by atoms with van der Waals surface area (Å²) < 4.78 is 80.9. The van der Waals surface area contributed by atoms with E-state index in [1.165, 1.54) is 36.7 Å². The van der Waals surface area contributed by atoms with Gasteiger partial charge in [0.2, 0.25) is 0 Å². The van der Waals surface area contributed by atoms with Crippen molar-refractivity contribution in [1.29, 1.82) is 0 Å². The largest absolute Gasteiger partial charge is 0.435 e. The third-order valence-corrected chi connectivity index (χ3v) is 6.62. The molecule has 1 N–H and O–H groups in total. The zero-order valence-electron chi connectivity index (χ0n) is 20.7. The van der Waals surface area contributed by atoms with Gasteiger partial charge in [0.25, 0.3) is 5.91 Å². The number of benzene rings is 1. The minimum absolute atomic E-state index is 0.0213. The molecule has 0 radical (unpaired) electrons. The van der Waals surface area contributed by atoms with Gasteiger partial charge < -0.3 is 10.2 Å². The predicted octanol–water partition coefficient (Wildman–Crippen LogP) is 6.34. The molecule has 1 aliphatic heterocycles. The van der Waals surface area contributed by atoms with Crippen LogP contribution in [0.1, 0.15) is 45.9 Å². The van der Waals surface area contributed by atoms with Gasteiger partial charge in [0.05, 0.1) is 23.0 Å². The van der Waals surface area contributed by atoms with Crippen molar-refractivity contribution < 1.29 is 31.1 Å². The molecule has 1 aromatic carbocycles. The second-order valence-corrected chi connectivity index (χ2v) is 9.27. The molecule has 0 bridgehead atoms. The third-order valence-electron chi connectivity index (χ3n) is 6.62. The molecular weight excluding hydrogens is 538 g/mol. The van der Waals surface area contributed by atoms with Gasteiger partial charge in [-0.1, -0.05) is 24.3 Å². The first kappa shape index (κ1) is 27.2. The van der Waals surface area contributed by atoms with Crippen LogP contribution < -0.4 is 10.2 Å². The van der Waals surface area contributed by atoms with Gasteiger partial charge >= 0.3 is 12.4 Å². The molecule has 1 amide bonds. The molecule has 0 spiro atoms. The van der Waals surface area contributed by atoms with Gasteiger partial charge in [-0.15, -0.1) is 0 Å². The first-order valence-electron chi connectivity index (χ1n) is 12.3. The van der Waals surface area contributed by atoms with Crippen LogP contribution in [0.5, 0.6) is 0 Å². The Morgan fingerprint density at radius 3 is 2.27 bits per heavy atom. The van der Waals surface area contributed by atoms with E-state index < -0.39 is 35.1 Å². The van der Waals surface area contributed by atoms with Crippen molar-refractivity contribution in [2.24, 2.45) is 0 Å². The molecule has 208 valence electrons. The Morgan fingerprint density at radius 2 is 1.65 bits per heavy atom. The summed E-state index contributed by atoms with van der Waals surface area (Å²) in [5, 5.41) is 5.95. The normalized spacial score (nSPS) is 14.8. The van der Waals surface area contributed by atoms with Crippen molar-refractivity contribution in [2.45, 2.75) is 31.1 Å². The zero-order valence-corrected chi connectivity index (χ0v) is 20.7. The quantitative estimate of drug-likeness (QED) is 0.289. The molecule has 5 rings (SSSR count). The number of carbonyl (C=O) groups excluding carboxylic acids is 1. The summed E-state index contributed by atoms with van der Waals surface area (Å²) in [6.07, 6.45) is -4.31. The van der Waals surface area contributed by atoms with Crippen LogP contribution in [0.25, 0.3) is 5.82 Å². The lowest BCUT2D eigenvalue weighted by molar-refractivity contribution is -0.141. The molecule has 4 heterocycles. The molecule has 1 fully saturated rings. The number of alkyl halides is 6. The maximum Gasteiger partial charge on any atom is 0.435 e. The van der Waals surface area contributed by atoms with Gasteiger partial charge in [0.1, 0.15) is 5.82 Å². The van der Waals surface area contributed by atoms with Crippen LogP contribution in [0.15, 0.2) is 73.2 Å². The highest BCUT2D eigenvalue weighted by atomic mass is 19.4. The SMILES string of the molecule is O=C(Nc1ccc(N2CCC(c3cccc(C(F)(F)F)c3)CC2)nc1)c1cn(-c2ccccn2)nc1C(F)(F)F. The number of halogens is 6. The first-order valence-corrected chi connectivity index (χ1v) is 12.3. The van der Waals surface area contributed by atoms with E-state index in [-0.39, 0.29) is 17.4 Å². The van der Waals surface area contributed by atoms with E-state index in [1.54, 1.807) is 24.3 Å². The number of hydrogen-bond donors (Lipinski definition) is 1. The van der Waals surface area contributed by atoms with Gasteiger partial charge in [-0.2, -0.15) is 31.4 Å². The number of nitrogens with one attached hydrogen (secondary N) is 1. The highest BCUT2D eigenvalue weighted by Gasteiger charge is 2.39. The van der Waals surface area contributed by atoms with Crippen molar-refractivity contribution in [3.63, 3.8) is 0 Å². The number of hydrogen-bond acceptors (Lipinski definition) is 5. The van der Waals surface area contributed by atoms with Crippen LogP contribution in [-0.4, -0.2) is 38.7 Å². The Balaban J connectivity index is 1.24. The highest BCUT2D eigenvalue weighted by molar-refractivity contribution is 6.05. The van der Waals surface area contributed by atoms with Crippen LogP contribution in [0.3, 0.4) is 0 Å². The summed E-state index contributed by atoms with van der Waals surface area (Å²) in [5.74, 6) is -0.327. The standard InChI is InChI=1S/C27H22F6N6O/c28-26(29,30)19-5-3-4-18(14-19)17-9-12-38(13-10-17)22-8-7-20(15-35-22)36-25(40)21-16-39(23-6-1-2-11-34-23)37-24(21)27(31,32)33/h1-8,11,14-17H,9-10,12-13H2,(H,36,40). The van der Waals surface area contributed by atoms with Crippen molar-refractivity contribution in [1.82, 2.24) is 19.7 Å². The van der Waals surface area contributed by atoms with Crippen LogP contribution >= 0.6 is 0 Å². The first-order chi connectivity index (χ1) is 19.0. The number of anilines is 2. The van der Waals surface area contributed by atoms with Crippen LogP contribution in [-0.2, 0) is 12.4 Å². The van der Waals surface area contributed by atoms with Gasteiger partial charge in [-0.25, -0.2) is 14.6 Å². The Labute approximate surface area is 224 Å². The van der Waals surface area contributed by atoms with Crippen molar-refractivity contribution in [3.8, 4) is 5.82 Å². The minimum atomic E-state index is -4.87. The minimum Gasteiger partial charge on any atom is -0.357 e. The molecule has 4 aromatic rings. The molecule has 0 atom stereocenters. The summed E-state index contributed by atoms with van der Waals surface area (Å²) in [6.45, 7) is 1.11.